The van der Waals surface area contributed by atoms with Crippen LogP contribution >= 0.6 is 0 Å². The Kier molecular flexibility index (Phi) is 3.67. The molecule has 0 saturated carbocycles. The highest BCUT2D eigenvalue weighted by atomic mass is 16.5. The van der Waals surface area contributed by atoms with Crippen molar-refractivity contribution in [2.24, 2.45) is 5.73 Å². The van der Waals surface area contributed by atoms with Crippen molar-refractivity contribution >= 4 is 0 Å². The Hall–Kier alpha value is -1.81. The summed E-state index contributed by atoms with van der Waals surface area (Å²) in [5, 5.41) is 0. The topological polar surface area (TPSA) is 53.1 Å². The lowest BCUT2D eigenvalue weighted by atomic mass is 10.1. The number of nitrogens with two attached hydrogens (primary N) is 1. The highest BCUT2D eigenvalue weighted by Gasteiger charge is 2.10. The number of hydrogen-bond donors (Lipinski definition) is 1. The quantitative estimate of drug-likeness (QED) is 0.901. The van der Waals surface area contributed by atoms with Crippen molar-refractivity contribution in [1.82, 2.24) is 9.55 Å². The number of hydrogen-bond acceptors (Lipinski definition) is 3. The molecular weight excluding hydrogens is 226 g/mol. The zero-order valence-corrected chi connectivity index (χ0v) is 11.1. The molecule has 0 saturated heterocycles. The average molecular weight is 245 g/mol. The van der Waals surface area contributed by atoms with E-state index in [9.17, 15) is 0 Å². The maximum Gasteiger partial charge on any atom is 0.301 e. The lowest BCUT2D eigenvalue weighted by Crippen LogP contribution is -2.02. The number of aryl methyl sites for hydroxylation is 3. The van der Waals surface area contributed by atoms with E-state index >= 15 is 0 Å². The first-order valence-corrected chi connectivity index (χ1v) is 6.15. The van der Waals surface area contributed by atoms with Gasteiger partial charge in [0.2, 0.25) is 0 Å². The van der Waals surface area contributed by atoms with Gasteiger partial charge in [-0.2, -0.15) is 0 Å². The van der Waals surface area contributed by atoms with Crippen LogP contribution < -0.4 is 10.5 Å². The van der Waals surface area contributed by atoms with E-state index < -0.39 is 0 Å². The van der Waals surface area contributed by atoms with Gasteiger partial charge in [0.1, 0.15) is 5.75 Å². The Balaban J connectivity index is 2.35. The summed E-state index contributed by atoms with van der Waals surface area (Å²) in [6.45, 7) is 7.51. The zero-order chi connectivity index (χ0) is 13.1. The fourth-order valence-electron chi connectivity index (χ4n) is 2.05. The number of imidazole rings is 1. The lowest BCUT2D eigenvalue weighted by molar-refractivity contribution is 0.410. The van der Waals surface area contributed by atoms with Gasteiger partial charge in [-0.15, -0.1) is 0 Å². The third-order valence-corrected chi connectivity index (χ3v) is 2.97. The fourth-order valence-corrected chi connectivity index (χ4v) is 2.05. The molecule has 96 valence electrons. The van der Waals surface area contributed by atoms with E-state index in [4.69, 9.17) is 10.5 Å². The van der Waals surface area contributed by atoms with Gasteiger partial charge >= 0.3 is 6.01 Å². The molecule has 18 heavy (non-hydrogen) atoms. The summed E-state index contributed by atoms with van der Waals surface area (Å²) in [6.07, 6.45) is 3.66. The minimum atomic E-state index is 0.547. The first kappa shape index (κ1) is 12.6. The van der Waals surface area contributed by atoms with Crippen molar-refractivity contribution in [2.75, 3.05) is 0 Å². The maximum atomic E-state index is 5.91. The Morgan fingerprint density at radius 1 is 1.28 bits per heavy atom. The Bertz CT molecular complexity index is 523. The highest BCUT2D eigenvalue weighted by molar-refractivity contribution is 5.44. The van der Waals surface area contributed by atoms with Crippen LogP contribution in [0.5, 0.6) is 11.8 Å². The minimum absolute atomic E-state index is 0.547. The molecule has 0 bridgehead atoms. The van der Waals surface area contributed by atoms with Crippen molar-refractivity contribution in [1.29, 1.82) is 0 Å². The first-order chi connectivity index (χ1) is 8.65. The van der Waals surface area contributed by atoms with Gasteiger partial charge in [-0.3, -0.25) is 0 Å². The predicted molar refractivity (Wildman–Crippen MR) is 71.8 cm³/mol. The van der Waals surface area contributed by atoms with Gasteiger partial charge in [0.15, 0.2) is 0 Å². The standard InChI is InChI=1S/C14H19N3O/c1-4-17-6-5-16-14(17)18-13-10(2)7-12(9-15)8-11(13)3/h5-8H,4,9,15H2,1-3H3. The summed E-state index contributed by atoms with van der Waals surface area (Å²) in [5.41, 5.74) is 8.95. The van der Waals surface area contributed by atoms with Gasteiger partial charge in [-0.05, 0) is 37.5 Å². The summed E-state index contributed by atoms with van der Waals surface area (Å²) >= 11 is 0. The number of ether oxygens (including phenoxy) is 1. The molecule has 0 aliphatic carbocycles. The number of rotatable bonds is 4. The van der Waals surface area contributed by atoms with Crippen molar-refractivity contribution in [2.45, 2.75) is 33.9 Å². The van der Waals surface area contributed by atoms with E-state index in [0.29, 0.717) is 12.6 Å². The molecular formula is C14H19N3O. The van der Waals surface area contributed by atoms with Gasteiger partial charge in [0, 0.05) is 25.5 Å². The van der Waals surface area contributed by atoms with Crippen LogP contribution in [0.2, 0.25) is 0 Å². The normalized spacial score (nSPS) is 10.7. The number of benzene rings is 1. The van der Waals surface area contributed by atoms with Crippen molar-refractivity contribution in [3.05, 3.63) is 41.2 Å². The summed E-state index contributed by atoms with van der Waals surface area (Å²) in [6, 6.07) is 4.74. The summed E-state index contributed by atoms with van der Waals surface area (Å²) < 4.78 is 7.88. The van der Waals surface area contributed by atoms with Crippen LogP contribution in [0.25, 0.3) is 0 Å². The molecule has 0 aliphatic rings. The maximum absolute atomic E-state index is 5.91. The lowest BCUT2D eigenvalue weighted by Gasteiger charge is -2.13. The third-order valence-electron chi connectivity index (χ3n) is 2.97. The van der Waals surface area contributed by atoms with Gasteiger partial charge in [0.25, 0.3) is 0 Å². The molecule has 0 amide bonds. The average Bonchev–Trinajstić information content (AvgIpc) is 2.80. The third kappa shape index (κ3) is 2.38. The second-order valence-corrected chi connectivity index (χ2v) is 4.36. The van der Waals surface area contributed by atoms with Crippen LogP contribution in [0.3, 0.4) is 0 Å². The van der Waals surface area contributed by atoms with E-state index in [2.05, 4.69) is 24.0 Å². The molecule has 1 heterocycles. The monoisotopic (exact) mass is 245 g/mol. The van der Waals surface area contributed by atoms with E-state index in [1.165, 1.54) is 0 Å². The molecule has 2 aromatic rings. The minimum Gasteiger partial charge on any atom is -0.425 e. The van der Waals surface area contributed by atoms with Gasteiger partial charge in [-0.1, -0.05) is 12.1 Å². The molecule has 0 radical (unpaired) electrons. The van der Waals surface area contributed by atoms with Crippen molar-refractivity contribution in [3.63, 3.8) is 0 Å². The largest absolute Gasteiger partial charge is 0.425 e. The zero-order valence-electron chi connectivity index (χ0n) is 11.1. The molecule has 1 aromatic heterocycles. The van der Waals surface area contributed by atoms with Crippen LogP contribution in [0.15, 0.2) is 24.5 Å². The van der Waals surface area contributed by atoms with Crippen molar-refractivity contribution in [3.8, 4) is 11.8 Å². The molecule has 2 rings (SSSR count). The summed E-state index contributed by atoms with van der Waals surface area (Å²) in [7, 11) is 0. The molecule has 0 spiro atoms. The SMILES string of the molecule is CCn1ccnc1Oc1c(C)cc(CN)cc1C. The fraction of sp³-hybridized carbons (Fsp3) is 0.357. The Morgan fingerprint density at radius 2 is 1.94 bits per heavy atom. The predicted octanol–water partition coefficient (Wildman–Crippen LogP) is 2.77. The van der Waals surface area contributed by atoms with Crippen molar-refractivity contribution < 1.29 is 4.74 Å². The molecule has 4 heteroatoms. The van der Waals surface area contributed by atoms with Crippen LogP contribution in [0, 0.1) is 13.8 Å². The smallest absolute Gasteiger partial charge is 0.301 e. The van der Waals surface area contributed by atoms with Gasteiger partial charge in [-0.25, -0.2) is 4.98 Å². The van der Waals surface area contributed by atoms with E-state index in [1.54, 1.807) is 6.20 Å². The van der Waals surface area contributed by atoms with Crippen LogP contribution in [-0.4, -0.2) is 9.55 Å². The summed E-state index contributed by atoms with van der Waals surface area (Å²) in [5.74, 6) is 0.869. The number of nitrogens with zero attached hydrogens (tertiary/aromatic N) is 2. The van der Waals surface area contributed by atoms with Gasteiger partial charge < -0.3 is 15.0 Å². The summed E-state index contributed by atoms with van der Waals surface area (Å²) in [4.78, 5) is 4.22. The molecule has 4 nitrogen and oxygen atoms in total. The Labute approximate surface area is 107 Å². The second-order valence-electron chi connectivity index (χ2n) is 4.36. The van der Waals surface area contributed by atoms with E-state index in [1.807, 2.05) is 24.6 Å². The molecule has 0 aliphatic heterocycles. The first-order valence-electron chi connectivity index (χ1n) is 6.15. The van der Waals surface area contributed by atoms with E-state index in [-0.39, 0.29) is 0 Å². The Morgan fingerprint density at radius 3 is 2.50 bits per heavy atom. The molecule has 2 N–H and O–H groups in total. The second kappa shape index (κ2) is 5.23. The van der Waals surface area contributed by atoms with Crippen LogP contribution in [-0.2, 0) is 13.1 Å². The van der Waals surface area contributed by atoms with Crippen LogP contribution in [0.1, 0.15) is 23.6 Å². The van der Waals surface area contributed by atoms with Gasteiger partial charge in [0.05, 0.1) is 0 Å². The highest BCUT2D eigenvalue weighted by Crippen LogP contribution is 2.29. The molecule has 0 atom stereocenters. The van der Waals surface area contributed by atoms with Crippen LogP contribution in [0.4, 0.5) is 0 Å². The molecule has 1 aromatic carbocycles. The molecule has 0 fully saturated rings. The molecule has 0 unspecified atom stereocenters. The van der Waals surface area contributed by atoms with E-state index in [0.717, 1.165) is 29.0 Å². The number of aromatic nitrogens is 2.